The van der Waals surface area contributed by atoms with Crippen molar-refractivity contribution in [3.63, 3.8) is 0 Å². The van der Waals surface area contributed by atoms with Gasteiger partial charge in [0.05, 0.1) is 4.92 Å². The molecule has 3 nitrogen and oxygen atoms in total. The molecule has 0 aromatic heterocycles. The zero-order valence-corrected chi connectivity index (χ0v) is 9.87. The Hall–Kier alpha value is -2.42. The summed E-state index contributed by atoms with van der Waals surface area (Å²) in [7, 11) is 0. The molecule has 2 aromatic carbocycles. The fourth-order valence-electron chi connectivity index (χ4n) is 1.84. The lowest BCUT2D eigenvalue weighted by molar-refractivity contribution is -0.385. The van der Waals surface area contributed by atoms with Crippen LogP contribution in [0, 0.1) is 10.1 Å². The summed E-state index contributed by atoms with van der Waals surface area (Å²) in [5.41, 5.74) is 2.73. The summed E-state index contributed by atoms with van der Waals surface area (Å²) < 4.78 is 0. The Morgan fingerprint density at radius 3 is 2.33 bits per heavy atom. The lowest BCUT2D eigenvalue weighted by Gasteiger charge is -2.06. The van der Waals surface area contributed by atoms with Gasteiger partial charge in [0.15, 0.2) is 0 Å². The van der Waals surface area contributed by atoms with E-state index in [-0.39, 0.29) is 10.6 Å². The molecule has 0 saturated carbocycles. The van der Waals surface area contributed by atoms with E-state index in [1.807, 2.05) is 30.3 Å². The standard InChI is InChI=1S/C15H13NO2/c1-12(13-7-3-2-4-8-13)11-14-9-5-6-10-15(14)16(17)18/h2-10H,1,11H2. The lowest BCUT2D eigenvalue weighted by atomic mass is 9.99. The molecule has 0 aliphatic carbocycles. The predicted molar refractivity (Wildman–Crippen MR) is 72.3 cm³/mol. The van der Waals surface area contributed by atoms with Gasteiger partial charge in [0, 0.05) is 18.1 Å². The van der Waals surface area contributed by atoms with Crippen LogP contribution in [-0.2, 0) is 6.42 Å². The summed E-state index contributed by atoms with van der Waals surface area (Å²) in [5.74, 6) is 0. The van der Waals surface area contributed by atoms with Crippen molar-refractivity contribution in [3.05, 3.63) is 82.4 Å². The van der Waals surface area contributed by atoms with Crippen molar-refractivity contribution in [2.45, 2.75) is 6.42 Å². The summed E-state index contributed by atoms with van der Waals surface area (Å²) >= 11 is 0. The third kappa shape index (κ3) is 2.63. The lowest BCUT2D eigenvalue weighted by Crippen LogP contribution is -1.96. The van der Waals surface area contributed by atoms with Gasteiger partial charge in [0.2, 0.25) is 0 Å². The summed E-state index contributed by atoms with van der Waals surface area (Å²) in [6, 6.07) is 16.5. The molecule has 0 saturated heterocycles. The molecule has 2 aromatic rings. The van der Waals surface area contributed by atoms with Crippen LogP contribution in [0.5, 0.6) is 0 Å². The molecule has 0 unspecified atom stereocenters. The van der Waals surface area contributed by atoms with E-state index >= 15 is 0 Å². The maximum Gasteiger partial charge on any atom is 0.272 e. The van der Waals surface area contributed by atoms with Crippen LogP contribution in [0.4, 0.5) is 5.69 Å². The fraction of sp³-hybridized carbons (Fsp3) is 0.0667. The van der Waals surface area contributed by atoms with Crippen LogP contribution >= 0.6 is 0 Å². The highest BCUT2D eigenvalue weighted by molar-refractivity contribution is 5.67. The van der Waals surface area contributed by atoms with Gasteiger partial charge in [0.1, 0.15) is 0 Å². The van der Waals surface area contributed by atoms with Crippen molar-refractivity contribution >= 4 is 11.3 Å². The van der Waals surface area contributed by atoms with Gasteiger partial charge < -0.3 is 0 Å². The summed E-state index contributed by atoms with van der Waals surface area (Å²) in [5, 5.41) is 10.9. The van der Waals surface area contributed by atoms with E-state index in [9.17, 15) is 10.1 Å². The second-order valence-electron chi connectivity index (χ2n) is 4.03. The first-order valence-corrected chi connectivity index (χ1v) is 5.64. The minimum Gasteiger partial charge on any atom is -0.258 e. The van der Waals surface area contributed by atoms with Gasteiger partial charge in [-0.3, -0.25) is 10.1 Å². The van der Waals surface area contributed by atoms with Gasteiger partial charge in [-0.1, -0.05) is 55.1 Å². The zero-order valence-electron chi connectivity index (χ0n) is 9.87. The van der Waals surface area contributed by atoms with Gasteiger partial charge in [-0.05, 0) is 11.1 Å². The molecule has 0 fully saturated rings. The SMILES string of the molecule is C=C(Cc1ccccc1[N+](=O)[O-])c1ccccc1. The summed E-state index contributed by atoms with van der Waals surface area (Å²) in [6.45, 7) is 4.00. The quantitative estimate of drug-likeness (QED) is 0.600. The van der Waals surface area contributed by atoms with Gasteiger partial charge >= 0.3 is 0 Å². The highest BCUT2D eigenvalue weighted by Gasteiger charge is 2.13. The van der Waals surface area contributed by atoms with E-state index in [0.29, 0.717) is 12.0 Å². The van der Waals surface area contributed by atoms with Crippen LogP contribution in [0.25, 0.3) is 5.57 Å². The minimum atomic E-state index is -0.354. The normalized spacial score (nSPS) is 10.0. The Morgan fingerprint density at radius 2 is 1.67 bits per heavy atom. The fourth-order valence-corrected chi connectivity index (χ4v) is 1.84. The number of nitro benzene ring substituents is 1. The maximum atomic E-state index is 10.9. The Bertz CT molecular complexity index is 576. The molecule has 0 bridgehead atoms. The Labute approximate surface area is 106 Å². The monoisotopic (exact) mass is 239 g/mol. The highest BCUT2D eigenvalue weighted by Crippen LogP contribution is 2.24. The number of allylic oxidation sites excluding steroid dienone is 1. The Kier molecular flexibility index (Phi) is 3.53. The molecule has 90 valence electrons. The largest absolute Gasteiger partial charge is 0.272 e. The van der Waals surface area contributed by atoms with Gasteiger partial charge in [-0.25, -0.2) is 0 Å². The van der Waals surface area contributed by atoms with E-state index in [0.717, 1.165) is 11.1 Å². The van der Waals surface area contributed by atoms with E-state index in [4.69, 9.17) is 0 Å². The molecular formula is C15H13NO2. The molecule has 0 heterocycles. The van der Waals surface area contributed by atoms with Crippen LogP contribution in [0.15, 0.2) is 61.2 Å². The summed E-state index contributed by atoms with van der Waals surface area (Å²) in [4.78, 5) is 10.6. The molecule has 2 rings (SSSR count). The number of benzene rings is 2. The number of nitro groups is 1. The summed E-state index contributed by atoms with van der Waals surface area (Å²) in [6.07, 6.45) is 0.487. The van der Waals surface area contributed by atoms with Crippen molar-refractivity contribution in [2.75, 3.05) is 0 Å². The molecule has 0 radical (unpaired) electrons. The van der Waals surface area contributed by atoms with Crippen molar-refractivity contribution in [2.24, 2.45) is 0 Å². The van der Waals surface area contributed by atoms with Crippen LogP contribution in [0.1, 0.15) is 11.1 Å². The zero-order chi connectivity index (χ0) is 13.0. The minimum absolute atomic E-state index is 0.148. The first-order valence-electron chi connectivity index (χ1n) is 5.64. The maximum absolute atomic E-state index is 10.9. The number of rotatable bonds is 4. The van der Waals surface area contributed by atoms with Crippen molar-refractivity contribution in [1.29, 1.82) is 0 Å². The van der Waals surface area contributed by atoms with Crippen molar-refractivity contribution < 1.29 is 4.92 Å². The van der Waals surface area contributed by atoms with Crippen LogP contribution < -0.4 is 0 Å². The van der Waals surface area contributed by atoms with Gasteiger partial charge in [-0.15, -0.1) is 0 Å². The van der Waals surface area contributed by atoms with Gasteiger partial charge in [0.25, 0.3) is 5.69 Å². The van der Waals surface area contributed by atoms with Crippen LogP contribution in [-0.4, -0.2) is 4.92 Å². The third-order valence-electron chi connectivity index (χ3n) is 2.77. The van der Waals surface area contributed by atoms with E-state index in [1.54, 1.807) is 18.2 Å². The van der Waals surface area contributed by atoms with E-state index in [2.05, 4.69) is 6.58 Å². The average Bonchev–Trinajstić information content (AvgIpc) is 2.40. The molecule has 18 heavy (non-hydrogen) atoms. The molecule has 3 heteroatoms. The number of hydrogen-bond donors (Lipinski definition) is 0. The predicted octanol–water partition coefficient (Wildman–Crippen LogP) is 3.85. The van der Waals surface area contributed by atoms with E-state index in [1.165, 1.54) is 6.07 Å². The Morgan fingerprint density at radius 1 is 1.06 bits per heavy atom. The molecule has 0 amide bonds. The number of hydrogen-bond acceptors (Lipinski definition) is 2. The third-order valence-corrected chi connectivity index (χ3v) is 2.77. The molecule has 0 aliphatic rings. The second kappa shape index (κ2) is 5.27. The molecule has 0 aliphatic heterocycles. The molecule has 0 spiro atoms. The van der Waals surface area contributed by atoms with Crippen LogP contribution in [0.3, 0.4) is 0 Å². The first-order chi connectivity index (χ1) is 8.68. The average molecular weight is 239 g/mol. The Balaban J connectivity index is 2.25. The smallest absolute Gasteiger partial charge is 0.258 e. The second-order valence-corrected chi connectivity index (χ2v) is 4.03. The van der Waals surface area contributed by atoms with E-state index < -0.39 is 0 Å². The first kappa shape index (κ1) is 12.0. The molecule has 0 N–H and O–H groups in total. The van der Waals surface area contributed by atoms with Gasteiger partial charge in [-0.2, -0.15) is 0 Å². The van der Waals surface area contributed by atoms with Crippen molar-refractivity contribution in [3.8, 4) is 0 Å². The topological polar surface area (TPSA) is 43.1 Å². The number of nitrogens with zero attached hydrogens (tertiary/aromatic N) is 1. The molecular weight excluding hydrogens is 226 g/mol. The van der Waals surface area contributed by atoms with Crippen LogP contribution in [0.2, 0.25) is 0 Å². The van der Waals surface area contributed by atoms with Crippen molar-refractivity contribution in [1.82, 2.24) is 0 Å². The number of para-hydroxylation sites is 1. The highest BCUT2D eigenvalue weighted by atomic mass is 16.6. The molecule has 0 atom stereocenters.